The highest BCUT2D eigenvalue weighted by molar-refractivity contribution is 7.80. The molecule has 2 aromatic carbocycles. The molecule has 2 rings (SSSR count). The van der Waals surface area contributed by atoms with Crippen LogP contribution in [-0.4, -0.2) is 22.1 Å². The van der Waals surface area contributed by atoms with Crippen LogP contribution < -0.4 is 10.8 Å². The molecule has 5 nitrogen and oxygen atoms in total. The van der Waals surface area contributed by atoms with Gasteiger partial charge in [-0.1, -0.05) is 48.0 Å². The fourth-order valence-electron chi connectivity index (χ4n) is 1.75. The number of nitrogens with one attached hydrogen (secondary N) is 2. The molecule has 0 aliphatic rings. The second-order valence-electron chi connectivity index (χ2n) is 4.56. The number of carbonyl (C=O) groups is 1. The molecule has 6 heteroatoms. The third-order valence-electron chi connectivity index (χ3n) is 2.90. The molecule has 3 N–H and O–H groups in total. The molecule has 22 heavy (non-hydrogen) atoms. The van der Waals surface area contributed by atoms with Gasteiger partial charge < -0.3 is 0 Å². The average molecular weight is 313 g/mol. The number of carbonyl (C=O) groups excluding carboxylic acids is 1. The molecule has 0 aromatic heterocycles. The Balaban J connectivity index is 2.11. The van der Waals surface area contributed by atoms with Crippen LogP contribution in [0.15, 0.2) is 59.6 Å². The molecular weight excluding hydrogens is 298 g/mol. The Bertz CT molecular complexity index is 697. The molecule has 0 aliphatic heterocycles. The summed E-state index contributed by atoms with van der Waals surface area (Å²) in [5, 5.41) is 11.7. The van der Waals surface area contributed by atoms with Crippen LogP contribution >= 0.6 is 12.2 Å². The lowest BCUT2D eigenvalue weighted by molar-refractivity contribution is 0.0977. The number of nitrogens with zero attached hydrogens (tertiary/aromatic N) is 1. The van der Waals surface area contributed by atoms with Crippen molar-refractivity contribution in [1.29, 1.82) is 0 Å². The summed E-state index contributed by atoms with van der Waals surface area (Å²) in [4.78, 5) is 16.0. The van der Waals surface area contributed by atoms with Crippen molar-refractivity contribution < 1.29 is 10.0 Å². The van der Waals surface area contributed by atoms with Crippen LogP contribution in [0.5, 0.6) is 0 Å². The minimum atomic E-state index is -0.351. The normalized spacial score (nSPS) is 10.9. The van der Waals surface area contributed by atoms with Crippen LogP contribution in [0.3, 0.4) is 0 Å². The second-order valence-corrected chi connectivity index (χ2v) is 4.95. The van der Waals surface area contributed by atoms with Crippen molar-refractivity contribution in [1.82, 2.24) is 10.8 Å². The summed E-state index contributed by atoms with van der Waals surface area (Å²) in [5.41, 5.74) is 4.21. The maximum absolute atomic E-state index is 12.0. The van der Waals surface area contributed by atoms with Gasteiger partial charge in [-0.3, -0.25) is 20.8 Å². The average Bonchev–Trinajstić information content (AvgIpc) is 2.54. The fourth-order valence-corrected chi connectivity index (χ4v) is 1.94. The predicted octanol–water partition coefficient (Wildman–Crippen LogP) is 2.44. The van der Waals surface area contributed by atoms with E-state index in [2.05, 4.69) is 10.3 Å². The van der Waals surface area contributed by atoms with Gasteiger partial charge in [0.05, 0.1) is 0 Å². The van der Waals surface area contributed by atoms with Crippen molar-refractivity contribution in [3.8, 4) is 0 Å². The van der Waals surface area contributed by atoms with E-state index in [1.54, 1.807) is 36.4 Å². The Morgan fingerprint density at radius 2 is 1.68 bits per heavy atom. The lowest BCUT2D eigenvalue weighted by Crippen LogP contribution is -2.31. The van der Waals surface area contributed by atoms with Crippen molar-refractivity contribution in [3.05, 3.63) is 71.3 Å². The first-order valence-electron chi connectivity index (χ1n) is 6.56. The Labute approximate surface area is 133 Å². The summed E-state index contributed by atoms with van der Waals surface area (Å²) in [7, 11) is 0. The van der Waals surface area contributed by atoms with Gasteiger partial charge in [-0.2, -0.15) is 0 Å². The lowest BCUT2D eigenvalue weighted by atomic mass is 10.1. The van der Waals surface area contributed by atoms with Gasteiger partial charge in [-0.05, 0) is 31.3 Å². The van der Waals surface area contributed by atoms with E-state index in [1.807, 2.05) is 30.6 Å². The monoisotopic (exact) mass is 313 g/mol. The number of aryl methyl sites for hydroxylation is 1. The van der Waals surface area contributed by atoms with Gasteiger partial charge in [0.1, 0.15) is 0 Å². The molecule has 0 saturated carbocycles. The number of aliphatic imine (C=N–C) groups is 1. The Morgan fingerprint density at radius 1 is 1.05 bits per heavy atom. The number of thiocarbonyl (C=S) groups is 1. The van der Waals surface area contributed by atoms with Crippen LogP contribution in [0.1, 0.15) is 21.5 Å². The minimum Gasteiger partial charge on any atom is -0.297 e. The molecule has 0 radical (unpaired) electrons. The summed E-state index contributed by atoms with van der Waals surface area (Å²) in [5.74, 6) is -0.186. The molecule has 0 spiro atoms. The molecule has 0 atom stereocenters. The van der Waals surface area contributed by atoms with E-state index in [0.717, 1.165) is 5.56 Å². The van der Waals surface area contributed by atoms with E-state index < -0.39 is 0 Å². The summed E-state index contributed by atoms with van der Waals surface area (Å²) >= 11 is 5.03. The topological polar surface area (TPSA) is 73.7 Å². The SMILES string of the molecule is Cc1ccc(/C(=N/C(=S)NC(=O)c2ccccc2)NO)cc1. The van der Waals surface area contributed by atoms with E-state index in [9.17, 15) is 10.0 Å². The Kier molecular flexibility index (Phi) is 5.35. The van der Waals surface area contributed by atoms with Gasteiger partial charge in [0, 0.05) is 11.1 Å². The highest BCUT2D eigenvalue weighted by Gasteiger charge is 2.08. The first kappa shape index (κ1) is 15.8. The summed E-state index contributed by atoms with van der Waals surface area (Å²) in [6.45, 7) is 1.96. The summed E-state index contributed by atoms with van der Waals surface area (Å²) in [6, 6.07) is 16.0. The van der Waals surface area contributed by atoms with Crippen molar-refractivity contribution in [3.63, 3.8) is 0 Å². The fraction of sp³-hybridized carbons (Fsp3) is 0.0625. The molecule has 1 amide bonds. The van der Waals surface area contributed by atoms with Crippen LogP contribution in [0.25, 0.3) is 0 Å². The number of amidine groups is 1. The number of hydrogen-bond donors (Lipinski definition) is 3. The molecule has 0 bridgehead atoms. The maximum atomic E-state index is 12.0. The van der Waals surface area contributed by atoms with Crippen LogP contribution in [0, 0.1) is 6.92 Å². The molecule has 0 fully saturated rings. The number of amides is 1. The van der Waals surface area contributed by atoms with Crippen LogP contribution in [0.2, 0.25) is 0 Å². The highest BCUT2D eigenvalue weighted by atomic mass is 32.1. The Hall–Kier alpha value is -2.57. The number of benzene rings is 2. The highest BCUT2D eigenvalue weighted by Crippen LogP contribution is 2.04. The van der Waals surface area contributed by atoms with Gasteiger partial charge in [0.2, 0.25) is 5.11 Å². The van der Waals surface area contributed by atoms with E-state index in [-0.39, 0.29) is 16.9 Å². The van der Waals surface area contributed by atoms with Crippen LogP contribution in [0.4, 0.5) is 0 Å². The standard InChI is InChI=1S/C16H15N3O2S/c1-11-7-9-12(10-8-11)14(19-21)17-16(22)18-15(20)13-5-3-2-4-6-13/h2-10,21H,1H3,(H2,17,18,19,20,22). The minimum absolute atomic E-state index is 0.0361. The third-order valence-corrected chi connectivity index (χ3v) is 3.09. The first-order chi connectivity index (χ1) is 10.6. The maximum Gasteiger partial charge on any atom is 0.257 e. The molecule has 0 heterocycles. The third kappa shape index (κ3) is 4.21. The molecular formula is C16H15N3O2S. The Morgan fingerprint density at radius 3 is 2.27 bits per heavy atom. The van der Waals surface area contributed by atoms with Gasteiger partial charge in [0.25, 0.3) is 5.91 Å². The van der Waals surface area contributed by atoms with Gasteiger partial charge >= 0.3 is 0 Å². The van der Waals surface area contributed by atoms with Gasteiger partial charge in [0.15, 0.2) is 5.84 Å². The van der Waals surface area contributed by atoms with E-state index in [0.29, 0.717) is 11.1 Å². The zero-order valence-corrected chi connectivity index (χ0v) is 12.7. The number of hydrogen-bond acceptors (Lipinski definition) is 3. The number of rotatable bonds is 2. The van der Waals surface area contributed by atoms with Crippen molar-refractivity contribution in [2.24, 2.45) is 4.99 Å². The predicted molar refractivity (Wildman–Crippen MR) is 89.1 cm³/mol. The van der Waals surface area contributed by atoms with Crippen LogP contribution in [-0.2, 0) is 0 Å². The van der Waals surface area contributed by atoms with Crippen molar-refractivity contribution >= 4 is 29.1 Å². The van der Waals surface area contributed by atoms with Gasteiger partial charge in [-0.15, -0.1) is 0 Å². The first-order valence-corrected chi connectivity index (χ1v) is 6.97. The lowest BCUT2D eigenvalue weighted by Gasteiger charge is -2.07. The van der Waals surface area contributed by atoms with Gasteiger partial charge in [-0.25, -0.2) is 4.99 Å². The molecule has 0 aliphatic carbocycles. The quantitative estimate of drug-likeness (QED) is 0.344. The summed E-state index contributed by atoms with van der Waals surface area (Å²) < 4.78 is 0. The number of hydroxylamine groups is 1. The van der Waals surface area contributed by atoms with E-state index in [1.165, 1.54) is 0 Å². The molecule has 2 aromatic rings. The molecule has 0 saturated heterocycles. The van der Waals surface area contributed by atoms with Crippen molar-refractivity contribution in [2.45, 2.75) is 6.92 Å². The zero-order chi connectivity index (χ0) is 15.9. The smallest absolute Gasteiger partial charge is 0.257 e. The largest absolute Gasteiger partial charge is 0.297 e. The van der Waals surface area contributed by atoms with Crippen molar-refractivity contribution in [2.75, 3.05) is 0 Å². The second kappa shape index (κ2) is 7.44. The summed E-state index contributed by atoms with van der Waals surface area (Å²) in [6.07, 6.45) is 0. The zero-order valence-electron chi connectivity index (χ0n) is 11.9. The molecule has 0 unspecified atom stereocenters. The van der Waals surface area contributed by atoms with E-state index >= 15 is 0 Å². The molecule has 112 valence electrons. The van der Waals surface area contributed by atoms with E-state index in [4.69, 9.17) is 12.2 Å².